The smallest absolute Gasteiger partial charge is 0.305 e. The topological polar surface area (TPSA) is 95.9 Å². The predicted octanol–water partition coefficient (Wildman–Crippen LogP) is 23.9. The number of rotatable bonds is 69. The summed E-state index contributed by atoms with van der Waals surface area (Å²) in [7, 11) is 0. The van der Waals surface area contributed by atoms with Gasteiger partial charge in [0.05, 0.1) is 25.4 Å². The van der Waals surface area contributed by atoms with Crippen LogP contribution in [0.15, 0.2) is 36.5 Å². The largest absolute Gasteiger partial charge is 0.466 e. The fourth-order valence-electron chi connectivity index (χ4n) is 11.6. The van der Waals surface area contributed by atoms with E-state index in [4.69, 9.17) is 4.74 Å². The van der Waals surface area contributed by atoms with E-state index in [2.05, 4.69) is 43.5 Å². The van der Waals surface area contributed by atoms with Gasteiger partial charge in [-0.15, -0.1) is 0 Å². The molecule has 3 N–H and O–H groups in total. The van der Waals surface area contributed by atoms with Gasteiger partial charge in [0.2, 0.25) is 5.91 Å². The normalized spacial score (nSPS) is 12.7. The first-order chi connectivity index (χ1) is 40.0. The van der Waals surface area contributed by atoms with E-state index in [1.807, 2.05) is 6.08 Å². The first-order valence-corrected chi connectivity index (χ1v) is 36.8. The lowest BCUT2D eigenvalue weighted by Crippen LogP contribution is -2.45. The van der Waals surface area contributed by atoms with E-state index in [-0.39, 0.29) is 18.5 Å². The average molecular weight is 1140 g/mol. The number of nitrogens with one attached hydrogen (secondary N) is 1. The third kappa shape index (κ3) is 67.1. The third-order valence-electron chi connectivity index (χ3n) is 17.2. The molecule has 0 aliphatic carbocycles. The van der Waals surface area contributed by atoms with E-state index in [9.17, 15) is 19.8 Å². The molecule has 0 aliphatic rings. The van der Waals surface area contributed by atoms with Gasteiger partial charge in [-0.25, -0.2) is 0 Å². The van der Waals surface area contributed by atoms with Crippen molar-refractivity contribution < 1.29 is 24.5 Å². The number of hydrogen-bond donors (Lipinski definition) is 3. The SMILES string of the molecule is CCCCC/C=C\C/C=C\CCCCCCCCCC(=O)OCCCCCCCCCCCCCCCCCCCCCCCCCCCCCCCC(=O)NC(CO)C(O)/C=C/CCCCCCCCCCCCCCCCCC. The molecule has 2 atom stereocenters. The Hall–Kier alpha value is -1.92. The Bertz CT molecular complexity index is 1310. The molecule has 1 amide bonds. The van der Waals surface area contributed by atoms with E-state index < -0.39 is 12.1 Å². The second kappa shape index (κ2) is 70.6. The van der Waals surface area contributed by atoms with Gasteiger partial charge in [0.15, 0.2) is 0 Å². The maximum atomic E-state index is 12.5. The van der Waals surface area contributed by atoms with Crippen LogP contribution in [-0.2, 0) is 14.3 Å². The van der Waals surface area contributed by atoms with Crippen LogP contribution in [0.1, 0.15) is 406 Å². The summed E-state index contributed by atoms with van der Waals surface area (Å²) in [6, 6.07) is -0.626. The van der Waals surface area contributed by atoms with Gasteiger partial charge in [0.1, 0.15) is 0 Å². The quantitative estimate of drug-likeness (QED) is 0.0320. The summed E-state index contributed by atoms with van der Waals surface area (Å²) in [6.07, 6.45) is 90.9. The minimum atomic E-state index is -0.843. The molecule has 0 aromatic rings. The summed E-state index contributed by atoms with van der Waals surface area (Å²) < 4.78 is 5.50. The van der Waals surface area contributed by atoms with Crippen LogP contribution < -0.4 is 5.32 Å². The summed E-state index contributed by atoms with van der Waals surface area (Å²) in [5.41, 5.74) is 0. The first kappa shape index (κ1) is 79.1. The standard InChI is InChI=1S/C75H143NO5/c1-3-5-7-9-11-13-15-17-19-21-36-39-43-47-51-55-59-63-67-73(78)72(71-77)76-74(79)68-64-60-56-52-48-44-40-37-33-31-29-27-25-23-22-24-26-28-30-32-34-38-42-46-50-54-58-62-66-70-81-75(80)69-65-61-57-53-49-45-41-35-20-18-16-14-12-10-8-6-4-2/h12,14,18,20,63,67,72-73,77-78H,3-11,13,15-17,19,21-62,64-66,68-71H2,1-2H3,(H,76,79)/b14-12-,20-18-,67-63+. The minimum absolute atomic E-state index is 0.0119. The summed E-state index contributed by atoms with van der Waals surface area (Å²) in [6.45, 7) is 4.91. The van der Waals surface area contributed by atoms with E-state index in [0.29, 0.717) is 19.4 Å². The number of allylic oxidation sites excluding steroid dienone is 5. The van der Waals surface area contributed by atoms with Gasteiger partial charge in [-0.3, -0.25) is 9.59 Å². The Kier molecular flexibility index (Phi) is 68.9. The van der Waals surface area contributed by atoms with Crippen molar-refractivity contribution in [3.63, 3.8) is 0 Å². The highest BCUT2D eigenvalue weighted by atomic mass is 16.5. The highest BCUT2D eigenvalue weighted by Crippen LogP contribution is 2.19. The van der Waals surface area contributed by atoms with Gasteiger partial charge < -0.3 is 20.3 Å². The number of carbonyl (C=O) groups is 2. The lowest BCUT2D eigenvalue weighted by atomic mass is 10.0. The number of aliphatic hydroxyl groups is 2. The van der Waals surface area contributed by atoms with Crippen molar-refractivity contribution in [1.82, 2.24) is 5.32 Å². The van der Waals surface area contributed by atoms with Crippen LogP contribution in [0.5, 0.6) is 0 Å². The predicted molar refractivity (Wildman–Crippen MR) is 356 cm³/mol. The number of aliphatic hydroxyl groups excluding tert-OH is 2. The Morgan fingerprint density at radius 3 is 0.963 bits per heavy atom. The van der Waals surface area contributed by atoms with Crippen molar-refractivity contribution in [2.75, 3.05) is 13.2 Å². The van der Waals surface area contributed by atoms with Crippen molar-refractivity contribution in [2.45, 2.75) is 418 Å². The Morgan fingerprint density at radius 1 is 0.346 bits per heavy atom. The molecule has 0 aromatic heterocycles. The first-order valence-electron chi connectivity index (χ1n) is 36.8. The monoisotopic (exact) mass is 1140 g/mol. The molecule has 6 nitrogen and oxygen atoms in total. The van der Waals surface area contributed by atoms with E-state index in [1.54, 1.807) is 6.08 Å². The van der Waals surface area contributed by atoms with Gasteiger partial charge in [-0.1, -0.05) is 365 Å². The summed E-state index contributed by atoms with van der Waals surface area (Å²) >= 11 is 0. The Balaban J connectivity index is 3.35. The third-order valence-corrected chi connectivity index (χ3v) is 17.2. The van der Waals surface area contributed by atoms with Crippen LogP contribution in [0.3, 0.4) is 0 Å². The fourth-order valence-corrected chi connectivity index (χ4v) is 11.6. The molecule has 0 saturated heterocycles. The van der Waals surface area contributed by atoms with Gasteiger partial charge in [0.25, 0.3) is 0 Å². The van der Waals surface area contributed by atoms with Gasteiger partial charge in [-0.05, 0) is 64.2 Å². The molecule has 0 spiro atoms. The van der Waals surface area contributed by atoms with Crippen molar-refractivity contribution in [2.24, 2.45) is 0 Å². The van der Waals surface area contributed by atoms with Crippen LogP contribution >= 0.6 is 0 Å². The Morgan fingerprint density at radius 2 is 0.617 bits per heavy atom. The number of esters is 1. The molecule has 0 aliphatic heterocycles. The highest BCUT2D eigenvalue weighted by Gasteiger charge is 2.18. The van der Waals surface area contributed by atoms with Gasteiger partial charge >= 0.3 is 5.97 Å². The molecule has 2 unspecified atom stereocenters. The van der Waals surface area contributed by atoms with Gasteiger partial charge in [0, 0.05) is 12.8 Å². The zero-order valence-corrected chi connectivity index (χ0v) is 54.8. The molecule has 0 fully saturated rings. The molecule has 0 aromatic carbocycles. The summed E-state index contributed by atoms with van der Waals surface area (Å²) in [5, 5.41) is 23.2. The van der Waals surface area contributed by atoms with Crippen molar-refractivity contribution in [3.8, 4) is 0 Å². The van der Waals surface area contributed by atoms with Crippen LogP contribution in [0, 0.1) is 0 Å². The molecule has 81 heavy (non-hydrogen) atoms. The highest BCUT2D eigenvalue weighted by molar-refractivity contribution is 5.76. The zero-order chi connectivity index (χ0) is 58.5. The van der Waals surface area contributed by atoms with Crippen LogP contribution in [-0.4, -0.2) is 47.4 Å². The summed E-state index contributed by atoms with van der Waals surface area (Å²) in [4.78, 5) is 24.6. The van der Waals surface area contributed by atoms with E-state index >= 15 is 0 Å². The molecular formula is C75H143NO5. The molecule has 6 heteroatoms. The van der Waals surface area contributed by atoms with Crippen LogP contribution in [0.25, 0.3) is 0 Å². The summed E-state index contributed by atoms with van der Waals surface area (Å²) in [5.74, 6) is -0.0493. The number of ether oxygens (including phenoxy) is 1. The molecule has 0 saturated carbocycles. The van der Waals surface area contributed by atoms with Crippen molar-refractivity contribution in [1.29, 1.82) is 0 Å². The second-order valence-electron chi connectivity index (χ2n) is 25.3. The number of unbranched alkanes of at least 4 members (excludes halogenated alkanes) is 54. The Labute approximate surface area is 506 Å². The average Bonchev–Trinajstić information content (AvgIpc) is 3.47. The molecule has 0 heterocycles. The fraction of sp³-hybridized carbons (Fsp3) is 0.893. The molecule has 478 valence electrons. The van der Waals surface area contributed by atoms with Crippen molar-refractivity contribution >= 4 is 11.9 Å². The minimum Gasteiger partial charge on any atom is -0.466 e. The molecule has 0 radical (unpaired) electrons. The van der Waals surface area contributed by atoms with Crippen LogP contribution in [0.2, 0.25) is 0 Å². The van der Waals surface area contributed by atoms with Crippen molar-refractivity contribution in [3.05, 3.63) is 36.5 Å². The zero-order valence-electron chi connectivity index (χ0n) is 54.8. The van der Waals surface area contributed by atoms with Crippen LogP contribution in [0.4, 0.5) is 0 Å². The lowest BCUT2D eigenvalue weighted by Gasteiger charge is -2.20. The maximum absolute atomic E-state index is 12.5. The molecule has 0 rings (SSSR count). The molecular weight excluding hydrogens is 995 g/mol. The maximum Gasteiger partial charge on any atom is 0.305 e. The second-order valence-corrected chi connectivity index (χ2v) is 25.3. The van der Waals surface area contributed by atoms with Gasteiger partial charge in [-0.2, -0.15) is 0 Å². The number of carbonyl (C=O) groups excluding carboxylic acids is 2. The number of hydrogen-bond acceptors (Lipinski definition) is 5. The van der Waals surface area contributed by atoms with E-state index in [0.717, 1.165) is 51.4 Å². The molecule has 0 bridgehead atoms. The lowest BCUT2D eigenvalue weighted by molar-refractivity contribution is -0.143. The van der Waals surface area contributed by atoms with E-state index in [1.165, 1.54) is 327 Å². The number of amides is 1.